The molecule has 0 rings (SSSR count). The minimum atomic E-state index is -4.67. The summed E-state index contributed by atoms with van der Waals surface area (Å²) in [6.45, 7) is 0. The Balaban J connectivity index is -0.0000000383. The largest absolute Gasteiger partial charge is 0.394 e. The molecule has 0 unspecified atom stereocenters. The summed E-state index contributed by atoms with van der Waals surface area (Å²) in [5, 5.41) is 14.8. The van der Waals surface area contributed by atoms with Crippen LogP contribution in [0, 0.1) is 15.3 Å². The van der Waals surface area contributed by atoms with Gasteiger partial charge in [-0.15, -0.1) is 0 Å². The van der Waals surface area contributed by atoms with E-state index in [1.165, 1.54) is 0 Å². The van der Waals surface area contributed by atoms with Crippen molar-refractivity contribution >= 4 is 10.4 Å². The van der Waals surface area contributed by atoms with E-state index in [-0.39, 0.29) is 52.4 Å². The number of hydrogen-bond donors (Lipinski definition) is 2. The molecule has 64 valence electrons. The Kier molecular flexibility index (Phi) is 22.3. The van der Waals surface area contributed by atoms with E-state index in [1.807, 2.05) is 0 Å². The molecule has 0 aliphatic carbocycles. The normalized spacial score (nSPS) is 7.45. The zero-order valence-electron chi connectivity index (χ0n) is 4.79. The first-order chi connectivity index (χ1) is 3.73. The summed E-state index contributed by atoms with van der Waals surface area (Å²) in [6, 6.07) is 0. The summed E-state index contributed by atoms with van der Waals surface area (Å²) in [5.74, 6) is 0. The van der Waals surface area contributed by atoms with Gasteiger partial charge < -0.3 is 15.3 Å². The van der Waals surface area contributed by atoms with Crippen LogP contribution in [0.4, 0.5) is 0 Å². The molecule has 0 saturated heterocycles. The molecule has 2 N–H and O–H groups in total. The van der Waals surface area contributed by atoms with E-state index in [0.29, 0.717) is 0 Å². The molecular formula is H2NO7SZr2-. The van der Waals surface area contributed by atoms with Crippen LogP contribution < -0.4 is 0 Å². The molecule has 8 nitrogen and oxygen atoms in total. The number of hydrogen-bond acceptors (Lipinski definition) is 5. The van der Waals surface area contributed by atoms with Crippen molar-refractivity contribution in [1.82, 2.24) is 0 Å². The van der Waals surface area contributed by atoms with Crippen LogP contribution in [0.15, 0.2) is 0 Å². The summed E-state index contributed by atoms with van der Waals surface area (Å²) < 4.78 is 31.6. The maximum Gasteiger partial charge on any atom is 0.394 e. The molecule has 0 aliphatic rings. The van der Waals surface area contributed by atoms with Gasteiger partial charge >= 0.3 is 10.4 Å². The third-order valence-electron chi connectivity index (χ3n) is 0. The first-order valence-corrected chi connectivity index (χ1v) is 2.64. The Morgan fingerprint density at radius 3 is 1.09 bits per heavy atom. The van der Waals surface area contributed by atoms with Gasteiger partial charge in [0.1, 0.15) is 0 Å². The van der Waals surface area contributed by atoms with E-state index in [2.05, 4.69) is 0 Å². The van der Waals surface area contributed by atoms with E-state index >= 15 is 0 Å². The van der Waals surface area contributed by atoms with E-state index in [9.17, 15) is 0 Å². The van der Waals surface area contributed by atoms with Crippen LogP contribution in [0.1, 0.15) is 0 Å². The average Bonchev–Trinajstić information content (AvgIpc) is 1.19. The molecule has 0 aromatic rings. The third-order valence-corrected chi connectivity index (χ3v) is 0. The van der Waals surface area contributed by atoms with Gasteiger partial charge in [0.15, 0.2) is 0 Å². The van der Waals surface area contributed by atoms with Crippen LogP contribution >= 0.6 is 0 Å². The van der Waals surface area contributed by atoms with Crippen molar-refractivity contribution in [2.75, 3.05) is 0 Å². The summed E-state index contributed by atoms with van der Waals surface area (Å²) in [5.41, 5.74) is 0. The molecule has 11 heteroatoms. The Hall–Kier alpha value is 0.836. The van der Waals surface area contributed by atoms with Gasteiger partial charge in [-0.2, -0.15) is 8.42 Å². The van der Waals surface area contributed by atoms with Crippen molar-refractivity contribution in [3.8, 4) is 0 Å². The SMILES string of the molecule is O=S(=O)(O)O.O=[N+]([O-])[O-].[Zr].[Zr]. The second kappa shape index (κ2) is 10.8. The molecule has 0 spiro atoms. The predicted octanol–water partition coefficient (Wildman–Crippen LogP) is -0.897. The first-order valence-electron chi connectivity index (χ1n) is 1.25. The van der Waals surface area contributed by atoms with Gasteiger partial charge in [-0.25, -0.2) is 0 Å². The van der Waals surface area contributed by atoms with E-state index < -0.39 is 15.5 Å². The molecule has 0 fully saturated rings. The second-order valence-corrected chi connectivity index (χ2v) is 1.57. The predicted molar refractivity (Wildman–Crippen MR) is 24.5 cm³/mol. The van der Waals surface area contributed by atoms with Crippen LogP contribution in [-0.2, 0) is 62.8 Å². The minimum absolute atomic E-state index is 0. The molecule has 0 aliphatic heterocycles. The molecule has 0 atom stereocenters. The van der Waals surface area contributed by atoms with Crippen molar-refractivity contribution in [3.05, 3.63) is 15.3 Å². The van der Waals surface area contributed by atoms with Crippen LogP contribution in [-0.4, -0.2) is 22.6 Å². The van der Waals surface area contributed by atoms with Gasteiger partial charge in [0.25, 0.3) is 0 Å². The standard InChI is InChI=1S/NO3.H2O4S.2Zr/c2-1(3)4;1-5(2,3)4;;/h;(H2,1,2,3,4);;/q-1;;;. The Morgan fingerprint density at radius 1 is 1.09 bits per heavy atom. The Morgan fingerprint density at radius 2 is 1.09 bits per heavy atom. The van der Waals surface area contributed by atoms with Crippen molar-refractivity contribution in [2.45, 2.75) is 0 Å². The number of rotatable bonds is 0. The van der Waals surface area contributed by atoms with Crippen LogP contribution in [0.3, 0.4) is 0 Å². The van der Waals surface area contributed by atoms with Gasteiger partial charge in [0, 0.05) is 52.4 Å². The van der Waals surface area contributed by atoms with Crippen molar-refractivity contribution in [2.24, 2.45) is 0 Å². The fourth-order valence-corrected chi connectivity index (χ4v) is 0. The molecule has 11 heavy (non-hydrogen) atoms. The van der Waals surface area contributed by atoms with Crippen LogP contribution in [0.5, 0.6) is 0 Å². The molecule has 0 bridgehead atoms. The zero-order valence-corrected chi connectivity index (χ0v) is 10.5. The average molecular weight is 343 g/mol. The van der Waals surface area contributed by atoms with Gasteiger partial charge in [-0.05, 0) is 0 Å². The zero-order chi connectivity index (χ0) is 8.08. The van der Waals surface area contributed by atoms with Gasteiger partial charge in [-0.3, -0.25) is 9.11 Å². The van der Waals surface area contributed by atoms with Crippen molar-refractivity contribution in [1.29, 1.82) is 0 Å². The fourth-order valence-electron chi connectivity index (χ4n) is 0. The molecular weight excluding hydrogens is 341 g/mol. The monoisotopic (exact) mass is 340 g/mol. The van der Waals surface area contributed by atoms with Crippen molar-refractivity contribution < 1.29 is 75.0 Å². The van der Waals surface area contributed by atoms with Gasteiger partial charge in [0.05, 0.1) is 5.09 Å². The summed E-state index contributed by atoms with van der Waals surface area (Å²) >= 11 is 0. The minimum Gasteiger partial charge on any atom is -0.356 e. The van der Waals surface area contributed by atoms with E-state index in [0.717, 1.165) is 0 Å². The summed E-state index contributed by atoms with van der Waals surface area (Å²) in [7, 11) is -4.67. The molecule has 0 amide bonds. The van der Waals surface area contributed by atoms with Crippen LogP contribution in [0.2, 0.25) is 0 Å². The summed E-state index contributed by atoms with van der Waals surface area (Å²) in [6.07, 6.45) is 0. The van der Waals surface area contributed by atoms with Gasteiger partial charge in [0.2, 0.25) is 0 Å². The van der Waals surface area contributed by atoms with E-state index in [1.54, 1.807) is 0 Å². The molecule has 0 radical (unpaired) electrons. The third kappa shape index (κ3) is 1210. The topological polar surface area (TPSA) is 141 Å². The maximum atomic E-state index is 8.74. The molecule has 0 aromatic carbocycles. The van der Waals surface area contributed by atoms with Crippen LogP contribution in [0.25, 0.3) is 0 Å². The fraction of sp³-hybridized carbons (Fsp3) is 0. The molecule has 0 aromatic heterocycles. The quantitative estimate of drug-likeness (QED) is 0.330. The Bertz CT molecular complexity index is 159. The second-order valence-electron chi connectivity index (χ2n) is 0.671. The van der Waals surface area contributed by atoms with E-state index in [4.69, 9.17) is 32.8 Å². The first kappa shape index (κ1) is 22.6. The molecule has 0 saturated carbocycles. The maximum absolute atomic E-state index is 8.74. The smallest absolute Gasteiger partial charge is 0.356 e. The molecule has 0 heterocycles. The Labute approximate surface area is 99.9 Å². The van der Waals surface area contributed by atoms with Gasteiger partial charge in [-0.1, -0.05) is 0 Å². The van der Waals surface area contributed by atoms with Crippen molar-refractivity contribution in [3.63, 3.8) is 0 Å². The summed E-state index contributed by atoms with van der Waals surface area (Å²) in [4.78, 5) is 8.25. The number of nitrogens with zero attached hydrogens (tertiary/aromatic N) is 1.